The molecule has 3 N–H and O–H groups in total. The number of hydrogen-bond donors (Lipinski definition) is 2. The van der Waals surface area contributed by atoms with Gasteiger partial charge in [-0.2, -0.15) is 8.78 Å². The number of carbonyl (C=O) groups excluding carboxylic acids is 1. The van der Waals surface area contributed by atoms with Crippen molar-refractivity contribution in [3.63, 3.8) is 0 Å². The number of hydrogen-bond acceptors (Lipinski definition) is 3. The Hall–Kier alpha value is -1.40. The number of nitrogens with two attached hydrogens (primary N) is 1. The summed E-state index contributed by atoms with van der Waals surface area (Å²) in [7, 11) is 0. The van der Waals surface area contributed by atoms with Gasteiger partial charge >= 0.3 is 6.61 Å². The maximum absolute atomic E-state index is 12.5. The highest BCUT2D eigenvalue weighted by Gasteiger charge is 2.40. The fraction of sp³-hybridized carbons (Fsp3) is 0.562. The molecule has 130 valence electrons. The molecule has 2 rings (SSSR count). The Morgan fingerprint density at radius 3 is 2.52 bits per heavy atom. The molecule has 0 aromatic heterocycles. The zero-order chi connectivity index (χ0) is 16.2. The second-order valence-corrected chi connectivity index (χ2v) is 5.80. The maximum atomic E-state index is 12.5. The van der Waals surface area contributed by atoms with Crippen LogP contribution >= 0.6 is 12.4 Å². The van der Waals surface area contributed by atoms with Gasteiger partial charge in [-0.25, -0.2) is 0 Å². The average molecular weight is 349 g/mol. The van der Waals surface area contributed by atoms with Crippen LogP contribution in [0.4, 0.5) is 8.78 Å². The normalized spacial score (nSPS) is 17.4. The predicted octanol–water partition coefficient (Wildman–Crippen LogP) is 3.41. The standard InChI is InChI=1S/C16H22F2N2O2.ClH/c1-11(12-6-2-3-7-13(12)22-15(17)18)20-14(21)16(10-19)8-4-5-9-16;/h2-3,6-7,11,15H,4-5,8-10,19H2,1H3,(H,20,21);1H. The van der Waals surface area contributed by atoms with Crippen LogP contribution in [0.3, 0.4) is 0 Å². The first-order valence-corrected chi connectivity index (χ1v) is 7.53. The monoisotopic (exact) mass is 348 g/mol. The topological polar surface area (TPSA) is 64.4 Å². The number of rotatable bonds is 6. The number of nitrogens with one attached hydrogen (secondary N) is 1. The van der Waals surface area contributed by atoms with Gasteiger partial charge in [0.1, 0.15) is 5.75 Å². The van der Waals surface area contributed by atoms with Crippen molar-refractivity contribution in [3.05, 3.63) is 29.8 Å². The highest BCUT2D eigenvalue weighted by atomic mass is 35.5. The molecule has 0 spiro atoms. The zero-order valence-electron chi connectivity index (χ0n) is 13.1. The molecule has 1 aromatic rings. The van der Waals surface area contributed by atoms with E-state index in [9.17, 15) is 13.6 Å². The Morgan fingerprint density at radius 2 is 1.96 bits per heavy atom. The SMILES string of the molecule is CC(NC(=O)C1(CN)CCCC1)c1ccccc1OC(F)F.Cl. The van der Waals surface area contributed by atoms with E-state index in [1.54, 1.807) is 25.1 Å². The third kappa shape index (κ3) is 4.54. The minimum atomic E-state index is -2.89. The second-order valence-electron chi connectivity index (χ2n) is 5.80. The summed E-state index contributed by atoms with van der Waals surface area (Å²) in [6.45, 7) is -0.833. The smallest absolute Gasteiger partial charge is 0.387 e. The van der Waals surface area contributed by atoms with Crippen molar-refractivity contribution in [2.75, 3.05) is 6.54 Å². The van der Waals surface area contributed by atoms with Gasteiger partial charge in [0.2, 0.25) is 5.91 Å². The van der Waals surface area contributed by atoms with Crippen LogP contribution in [0.25, 0.3) is 0 Å². The molecule has 0 heterocycles. The Kier molecular flexibility index (Phi) is 7.22. The van der Waals surface area contributed by atoms with Gasteiger partial charge in [0.25, 0.3) is 0 Å². The Morgan fingerprint density at radius 1 is 1.35 bits per heavy atom. The molecule has 1 fully saturated rings. The first kappa shape index (κ1) is 19.6. The summed E-state index contributed by atoms with van der Waals surface area (Å²) in [4.78, 5) is 12.5. The number of para-hydroxylation sites is 1. The molecule has 1 atom stereocenters. The van der Waals surface area contributed by atoms with Crippen LogP contribution in [0.15, 0.2) is 24.3 Å². The molecule has 0 saturated heterocycles. The van der Waals surface area contributed by atoms with Crippen molar-refractivity contribution >= 4 is 18.3 Å². The lowest BCUT2D eigenvalue weighted by Crippen LogP contribution is -2.45. The van der Waals surface area contributed by atoms with Crippen LogP contribution in [0.5, 0.6) is 5.75 Å². The molecule has 1 unspecified atom stereocenters. The summed E-state index contributed by atoms with van der Waals surface area (Å²) in [6, 6.07) is 6.07. The van der Waals surface area contributed by atoms with Gasteiger partial charge in [-0.1, -0.05) is 31.0 Å². The van der Waals surface area contributed by atoms with E-state index < -0.39 is 18.1 Å². The maximum Gasteiger partial charge on any atom is 0.387 e. The summed E-state index contributed by atoms with van der Waals surface area (Å²) in [5, 5.41) is 2.90. The van der Waals surface area contributed by atoms with Crippen molar-refractivity contribution in [1.82, 2.24) is 5.32 Å². The van der Waals surface area contributed by atoms with E-state index in [2.05, 4.69) is 10.1 Å². The molecule has 1 aliphatic rings. The summed E-state index contributed by atoms with van der Waals surface area (Å²) < 4.78 is 29.4. The second kappa shape index (κ2) is 8.45. The largest absolute Gasteiger partial charge is 0.434 e. The number of alkyl halides is 2. The molecule has 1 saturated carbocycles. The summed E-state index contributed by atoms with van der Waals surface area (Å²) in [5.74, 6) is -0.0228. The van der Waals surface area contributed by atoms with Crippen molar-refractivity contribution in [2.24, 2.45) is 11.1 Å². The predicted molar refractivity (Wildman–Crippen MR) is 86.8 cm³/mol. The van der Waals surface area contributed by atoms with E-state index in [1.165, 1.54) is 6.07 Å². The third-order valence-corrected chi connectivity index (χ3v) is 4.38. The number of ether oxygens (including phenoxy) is 1. The molecule has 1 amide bonds. The summed E-state index contributed by atoms with van der Waals surface area (Å²) in [6.07, 6.45) is 3.53. The van der Waals surface area contributed by atoms with Gasteiger partial charge < -0.3 is 15.8 Å². The van der Waals surface area contributed by atoms with Gasteiger partial charge in [0.15, 0.2) is 0 Å². The highest BCUT2D eigenvalue weighted by molar-refractivity contribution is 5.85. The third-order valence-electron chi connectivity index (χ3n) is 4.38. The van der Waals surface area contributed by atoms with Crippen LogP contribution in [0.2, 0.25) is 0 Å². The van der Waals surface area contributed by atoms with Crippen molar-refractivity contribution in [3.8, 4) is 5.75 Å². The molecule has 0 radical (unpaired) electrons. The molecule has 0 bridgehead atoms. The lowest BCUT2D eigenvalue weighted by Gasteiger charge is -2.28. The van der Waals surface area contributed by atoms with Crippen molar-refractivity contribution in [2.45, 2.75) is 45.3 Å². The van der Waals surface area contributed by atoms with E-state index in [0.29, 0.717) is 12.1 Å². The van der Waals surface area contributed by atoms with E-state index >= 15 is 0 Å². The molecule has 1 aromatic carbocycles. The van der Waals surface area contributed by atoms with Gasteiger partial charge in [-0.15, -0.1) is 12.4 Å². The van der Waals surface area contributed by atoms with Gasteiger partial charge in [0, 0.05) is 12.1 Å². The Bertz CT molecular complexity index is 523. The minimum Gasteiger partial charge on any atom is -0.434 e. The molecular formula is C16H23ClF2N2O2. The zero-order valence-corrected chi connectivity index (χ0v) is 13.9. The fourth-order valence-corrected chi connectivity index (χ4v) is 3.04. The molecular weight excluding hydrogens is 326 g/mol. The summed E-state index contributed by atoms with van der Waals surface area (Å²) in [5.41, 5.74) is 5.80. The van der Waals surface area contributed by atoms with E-state index in [1.807, 2.05) is 0 Å². The van der Waals surface area contributed by atoms with E-state index in [0.717, 1.165) is 25.7 Å². The van der Waals surface area contributed by atoms with Crippen molar-refractivity contribution in [1.29, 1.82) is 0 Å². The molecule has 1 aliphatic carbocycles. The fourth-order valence-electron chi connectivity index (χ4n) is 3.04. The van der Waals surface area contributed by atoms with Crippen LogP contribution < -0.4 is 15.8 Å². The Balaban J connectivity index is 0.00000264. The Labute approximate surface area is 141 Å². The van der Waals surface area contributed by atoms with Gasteiger partial charge in [-0.05, 0) is 25.8 Å². The first-order valence-electron chi connectivity index (χ1n) is 7.53. The van der Waals surface area contributed by atoms with Crippen LogP contribution in [0.1, 0.15) is 44.2 Å². The lowest BCUT2D eigenvalue weighted by molar-refractivity contribution is -0.131. The quantitative estimate of drug-likeness (QED) is 0.828. The van der Waals surface area contributed by atoms with Crippen LogP contribution in [-0.2, 0) is 4.79 Å². The number of benzene rings is 1. The highest BCUT2D eigenvalue weighted by Crippen LogP contribution is 2.38. The number of halogens is 3. The van der Waals surface area contributed by atoms with Gasteiger partial charge in [0.05, 0.1) is 11.5 Å². The molecule has 7 heteroatoms. The molecule has 0 aliphatic heterocycles. The minimum absolute atomic E-state index is 0. The van der Waals surface area contributed by atoms with Crippen LogP contribution in [-0.4, -0.2) is 19.1 Å². The first-order chi connectivity index (χ1) is 10.5. The number of amides is 1. The average Bonchev–Trinajstić information content (AvgIpc) is 2.97. The van der Waals surface area contributed by atoms with Gasteiger partial charge in [-0.3, -0.25) is 4.79 Å². The molecule has 4 nitrogen and oxygen atoms in total. The van der Waals surface area contributed by atoms with Crippen molar-refractivity contribution < 1.29 is 18.3 Å². The molecule has 23 heavy (non-hydrogen) atoms. The van der Waals surface area contributed by atoms with E-state index in [4.69, 9.17) is 5.73 Å². The van der Waals surface area contributed by atoms with Crippen LogP contribution in [0, 0.1) is 5.41 Å². The lowest BCUT2D eigenvalue weighted by atomic mass is 9.85. The number of carbonyl (C=O) groups is 1. The van der Waals surface area contributed by atoms with E-state index in [-0.39, 0.29) is 24.1 Å². The summed E-state index contributed by atoms with van der Waals surface area (Å²) >= 11 is 0.